The van der Waals surface area contributed by atoms with Crippen LogP contribution in [0.4, 0.5) is 0 Å². The number of hydrogen-bond donors (Lipinski definition) is 1. The van der Waals surface area contributed by atoms with Crippen molar-refractivity contribution in [3.63, 3.8) is 0 Å². The molecule has 3 heteroatoms. The van der Waals surface area contributed by atoms with Gasteiger partial charge in [0.25, 0.3) is 0 Å². The highest BCUT2D eigenvalue weighted by Gasteiger charge is 2.31. The van der Waals surface area contributed by atoms with E-state index < -0.39 is 5.97 Å². The molecule has 0 spiro atoms. The van der Waals surface area contributed by atoms with Gasteiger partial charge in [-0.25, -0.2) is 4.79 Å². The molecule has 0 radical (unpaired) electrons. The predicted molar refractivity (Wildman–Crippen MR) is 93.8 cm³/mol. The van der Waals surface area contributed by atoms with Crippen LogP contribution in [0.5, 0.6) is 0 Å². The minimum absolute atomic E-state index is 0.150. The van der Waals surface area contributed by atoms with Crippen LogP contribution in [0.2, 0.25) is 0 Å². The molecule has 1 saturated carbocycles. The number of hydrogen-bond acceptors (Lipinski definition) is 2. The lowest BCUT2D eigenvalue weighted by atomic mass is 9.71. The van der Waals surface area contributed by atoms with E-state index in [1.165, 1.54) is 5.56 Å². The average Bonchev–Trinajstić information content (AvgIpc) is 2.63. The number of benzene rings is 2. The first-order valence-corrected chi connectivity index (χ1v) is 8.36. The van der Waals surface area contributed by atoms with E-state index in [1.807, 2.05) is 12.1 Å². The molecule has 3 nitrogen and oxygen atoms in total. The molecule has 1 aliphatic rings. The molecule has 0 bridgehead atoms. The first kappa shape index (κ1) is 16.3. The van der Waals surface area contributed by atoms with Crippen LogP contribution in [0, 0.1) is 16.7 Å². The summed E-state index contributed by atoms with van der Waals surface area (Å²) in [5.41, 5.74) is 3.60. The van der Waals surface area contributed by atoms with Gasteiger partial charge in [0.1, 0.15) is 0 Å². The van der Waals surface area contributed by atoms with Crippen LogP contribution in [-0.2, 0) is 0 Å². The van der Waals surface area contributed by atoms with Crippen molar-refractivity contribution >= 4 is 5.97 Å². The Morgan fingerprint density at radius 3 is 2.00 bits per heavy atom. The number of rotatable bonds is 3. The molecule has 0 saturated heterocycles. The van der Waals surface area contributed by atoms with Crippen LogP contribution < -0.4 is 0 Å². The van der Waals surface area contributed by atoms with Crippen LogP contribution in [0.1, 0.15) is 54.4 Å². The highest BCUT2D eigenvalue weighted by Crippen LogP contribution is 2.42. The average molecular weight is 319 g/mol. The van der Waals surface area contributed by atoms with Gasteiger partial charge in [-0.1, -0.05) is 36.4 Å². The molecule has 0 aromatic heterocycles. The zero-order chi connectivity index (χ0) is 17.2. The van der Waals surface area contributed by atoms with Crippen molar-refractivity contribution in [3.05, 3.63) is 59.7 Å². The summed E-state index contributed by atoms with van der Waals surface area (Å²) in [5.74, 6) is -0.367. The molecule has 24 heavy (non-hydrogen) atoms. The lowest BCUT2D eigenvalue weighted by Crippen LogP contribution is -2.21. The maximum absolute atomic E-state index is 10.9. The minimum atomic E-state index is -0.904. The second-order valence-electron chi connectivity index (χ2n) is 6.95. The van der Waals surface area contributed by atoms with Crippen LogP contribution in [-0.4, -0.2) is 11.1 Å². The standard InChI is InChI=1S/C21H21NO2/c1-21(14-22)12-10-18(11-13-21)17-4-2-15(3-5-17)16-6-8-19(9-7-16)20(23)24/h2-9,18H,10-13H2,1H3,(H,23,24). The monoisotopic (exact) mass is 319 g/mol. The fourth-order valence-electron chi connectivity index (χ4n) is 3.45. The molecule has 0 heterocycles. The molecular weight excluding hydrogens is 298 g/mol. The second-order valence-corrected chi connectivity index (χ2v) is 6.95. The lowest BCUT2D eigenvalue weighted by Gasteiger charge is -2.32. The number of nitriles is 1. The Labute approximate surface area is 142 Å². The summed E-state index contributed by atoms with van der Waals surface area (Å²) in [6.45, 7) is 2.06. The lowest BCUT2D eigenvalue weighted by molar-refractivity contribution is 0.0697. The largest absolute Gasteiger partial charge is 0.478 e. The molecule has 3 rings (SSSR count). The first-order valence-electron chi connectivity index (χ1n) is 8.36. The van der Waals surface area contributed by atoms with Gasteiger partial charge in [-0.15, -0.1) is 0 Å². The molecule has 1 aliphatic carbocycles. The summed E-state index contributed by atoms with van der Waals surface area (Å²) in [5, 5.41) is 18.2. The topological polar surface area (TPSA) is 61.1 Å². The summed E-state index contributed by atoms with van der Waals surface area (Å²) in [7, 11) is 0. The molecule has 0 unspecified atom stereocenters. The van der Waals surface area contributed by atoms with Gasteiger partial charge >= 0.3 is 5.97 Å². The van der Waals surface area contributed by atoms with Crippen molar-refractivity contribution in [2.45, 2.75) is 38.5 Å². The Morgan fingerprint density at radius 2 is 1.54 bits per heavy atom. The van der Waals surface area contributed by atoms with E-state index in [9.17, 15) is 10.1 Å². The van der Waals surface area contributed by atoms with Crippen LogP contribution in [0.25, 0.3) is 11.1 Å². The highest BCUT2D eigenvalue weighted by atomic mass is 16.4. The Bertz CT molecular complexity index is 761. The minimum Gasteiger partial charge on any atom is -0.478 e. The van der Waals surface area contributed by atoms with Gasteiger partial charge in [-0.3, -0.25) is 0 Å². The second kappa shape index (κ2) is 6.49. The van der Waals surface area contributed by atoms with Gasteiger partial charge in [0.05, 0.1) is 17.0 Å². The SMILES string of the molecule is CC1(C#N)CCC(c2ccc(-c3ccc(C(=O)O)cc3)cc2)CC1. The van der Waals surface area contributed by atoms with Crippen LogP contribution in [0.3, 0.4) is 0 Å². The fourth-order valence-corrected chi connectivity index (χ4v) is 3.45. The number of carboxylic acid groups (broad SMARTS) is 1. The van der Waals surface area contributed by atoms with Gasteiger partial charge < -0.3 is 5.11 Å². The molecular formula is C21H21NO2. The van der Waals surface area contributed by atoms with E-state index in [2.05, 4.69) is 37.3 Å². The molecule has 2 aromatic carbocycles. The molecule has 0 aliphatic heterocycles. The van der Waals surface area contributed by atoms with Gasteiger partial charge in [-0.05, 0) is 67.3 Å². The Kier molecular flexibility index (Phi) is 4.40. The van der Waals surface area contributed by atoms with Crippen molar-refractivity contribution in [2.75, 3.05) is 0 Å². The zero-order valence-electron chi connectivity index (χ0n) is 13.8. The first-order chi connectivity index (χ1) is 11.5. The number of carboxylic acids is 1. The van der Waals surface area contributed by atoms with Gasteiger partial charge in [-0.2, -0.15) is 5.26 Å². The normalized spacial score (nSPS) is 23.4. The summed E-state index contributed by atoms with van der Waals surface area (Å²) < 4.78 is 0. The smallest absolute Gasteiger partial charge is 0.335 e. The van der Waals surface area contributed by atoms with Crippen molar-refractivity contribution in [2.24, 2.45) is 5.41 Å². The predicted octanol–water partition coefficient (Wildman–Crippen LogP) is 5.24. The van der Waals surface area contributed by atoms with Crippen molar-refractivity contribution < 1.29 is 9.90 Å². The highest BCUT2D eigenvalue weighted by molar-refractivity contribution is 5.88. The van der Waals surface area contributed by atoms with Gasteiger partial charge in [0.2, 0.25) is 0 Å². The quantitative estimate of drug-likeness (QED) is 0.841. The number of aromatic carboxylic acids is 1. The molecule has 2 aromatic rings. The van der Waals surface area contributed by atoms with Crippen molar-refractivity contribution in [1.82, 2.24) is 0 Å². The number of nitrogens with zero attached hydrogens (tertiary/aromatic N) is 1. The Balaban J connectivity index is 1.72. The zero-order valence-corrected chi connectivity index (χ0v) is 13.8. The molecule has 1 fully saturated rings. The van der Waals surface area contributed by atoms with E-state index in [-0.39, 0.29) is 5.41 Å². The Hall–Kier alpha value is -2.60. The van der Waals surface area contributed by atoms with Crippen LogP contribution >= 0.6 is 0 Å². The summed E-state index contributed by atoms with van der Waals surface area (Å²) in [6, 6.07) is 17.9. The van der Waals surface area contributed by atoms with E-state index >= 15 is 0 Å². The third-order valence-electron chi connectivity index (χ3n) is 5.21. The molecule has 122 valence electrons. The van der Waals surface area contributed by atoms with Crippen molar-refractivity contribution in [3.8, 4) is 17.2 Å². The Morgan fingerprint density at radius 1 is 1.04 bits per heavy atom. The van der Waals surface area contributed by atoms with Gasteiger partial charge in [0.15, 0.2) is 0 Å². The fraction of sp³-hybridized carbons (Fsp3) is 0.333. The van der Waals surface area contributed by atoms with Crippen molar-refractivity contribution in [1.29, 1.82) is 5.26 Å². The maximum Gasteiger partial charge on any atom is 0.335 e. The third kappa shape index (κ3) is 3.33. The summed E-state index contributed by atoms with van der Waals surface area (Å²) in [4.78, 5) is 10.9. The van der Waals surface area contributed by atoms with E-state index in [1.54, 1.807) is 12.1 Å². The van der Waals surface area contributed by atoms with E-state index in [4.69, 9.17) is 5.11 Å². The molecule has 0 atom stereocenters. The summed E-state index contributed by atoms with van der Waals surface area (Å²) in [6.07, 6.45) is 4.06. The number of carbonyl (C=O) groups is 1. The molecule has 1 N–H and O–H groups in total. The van der Waals surface area contributed by atoms with Crippen LogP contribution in [0.15, 0.2) is 48.5 Å². The maximum atomic E-state index is 10.9. The van der Waals surface area contributed by atoms with Gasteiger partial charge in [0, 0.05) is 0 Å². The summed E-state index contributed by atoms with van der Waals surface area (Å²) >= 11 is 0. The third-order valence-corrected chi connectivity index (χ3v) is 5.21. The molecule has 0 amide bonds. The van der Waals surface area contributed by atoms with E-state index in [0.717, 1.165) is 36.8 Å². The van der Waals surface area contributed by atoms with E-state index in [0.29, 0.717) is 11.5 Å².